The fourth-order valence-corrected chi connectivity index (χ4v) is 1.55. The maximum Gasteiger partial charge on any atom is 0.123 e. The van der Waals surface area contributed by atoms with E-state index < -0.39 is 0 Å². The van der Waals surface area contributed by atoms with Crippen LogP contribution < -0.4 is 14.8 Å². The third-order valence-electron chi connectivity index (χ3n) is 2.65. The molecule has 0 aliphatic rings. The Morgan fingerprint density at radius 1 is 1.05 bits per heavy atom. The van der Waals surface area contributed by atoms with Gasteiger partial charge in [-0.3, -0.25) is 0 Å². The van der Waals surface area contributed by atoms with E-state index in [-0.39, 0.29) is 0 Å². The fourth-order valence-electron chi connectivity index (χ4n) is 1.55. The van der Waals surface area contributed by atoms with Gasteiger partial charge in [-0.15, -0.1) is 0 Å². The zero-order valence-electron chi connectivity index (χ0n) is 12.0. The van der Waals surface area contributed by atoms with Gasteiger partial charge in [0.05, 0.1) is 13.7 Å². The Hall–Kier alpha value is -1.26. The van der Waals surface area contributed by atoms with Gasteiger partial charge in [0.2, 0.25) is 0 Å². The second kappa shape index (κ2) is 10.6. The molecule has 0 amide bonds. The predicted octanol–water partition coefficient (Wildman–Crippen LogP) is 2.48. The smallest absolute Gasteiger partial charge is 0.123 e. The minimum atomic E-state index is 0.641. The molecule has 1 N–H and O–H groups in total. The molecule has 0 unspecified atom stereocenters. The van der Waals surface area contributed by atoms with Gasteiger partial charge in [0.1, 0.15) is 18.1 Å². The van der Waals surface area contributed by atoms with E-state index in [0.717, 1.165) is 44.2 Å². The van der Waals surface area contributed by atoms with E-state index in [4.69, 9.17) is 14.2 Å². The Morgan fingerprint density at radius 2 is 1.84 bits per heavy atom. The van der Waals surface area contributed by atoms with E-state index in [0.29, 0.717) is 6.61 Å². The Balaban J connectivity index is 1.98. The molecule has 0 saturated carbocycles. The number of unbranched alkanes of at least 4 members (excludes halogenated alkanes) is 1. The summed E-state index contributed by atoms with van der Waals surface area (Å²) in [5.41, 5.74) is 0. The highest BCUT2D eigenvalue weighted by Gasteiger charge is 1.96. The molecule has 0 saturated heterocycles. The molecular weight excluding hydrogens is 242 g/mol. The number of ether oxygens (including phenoxy) is 3. The average molecular weight is 267 g/mol. The van der Waals surface area contributed by atoms with E-state index in [9.17, 15) is 0 Å². The topological polar surface area (TPSA) is 39.7 Å². The summed E-state index contributed by atoms with van der Waals surface area (Å²) in [5.74, 6) is 1.65. The Labute approximate surface area is 116 Å². The van der Waals surface area contributed by atoms with Crippen molar-refractivity contribution in [2.24, 2.45) is 0 Å². The van der Waals surface area contributed by atoms with Gasteiger partial charge in [-0.05, 0) is 18.6 Å². The first-order valence-electron chi connectivity index (χ1n) is 6.92. The molecule has 0 aliphatic carbocycles. The number of methoxy groups -OCH3 is 1. The molecule has 1 rings (SSSR count). The first-order chi connectivity index (χ1) is 9.36. The molecule has 108 valence electrons. The van der Waals surface area contributed by atoms with Crippen molar-refractivity contribution < 1.29 is 14.2 Å². The molecule has 0 bridgehead atoms. The summed E-state index contributed by atoms with van der Waals surface area (Å²) in [6, 6.07) is 7.63. The molecule has 0 fully saturated rings. The average Bonchev–Trinajstić information content (AvgIpc) is 2.46. The van der Waals surface area contributed by atoms with Gasteiger partial charge in [-0.2, -0.15) is 0 Å². The van der Waals surface area contributed by atoms with Crippen LogP contribution in [0.4, 0.5) is 0 Å². The van der Waals surface area contributed by atoms with Crippen molar-refractivity contribution in [3.63, 3.8) is 0 Å². The van der Waals surface area contributed by atoms with E-state index in [1.165, 1.54) is 6.42 Å². The summed E-state index contributed by atoms with van der Waals surface area (Å²) in [4.78, 5) is 0. The lowest BCUT2D eigenvalue weighted by molar-refractivity contribution is 0.132. The first kappa shape index (κ1) is 15.8. The summed E-state index contributed by atoms with van der Waals surface area (Å²) in [6.07, 6.45) is 2.32. The van der Waals surface area contributed by atoms with Gasteiger partial charge in [-0.1, -0.05) is 19.4 Å². The quantitative estimate of drug-likeness (QED) is 0.625. The lowest BCUT2D eigenvalue weighted by atomic mass is 10.3. The number of rotatable bonds is 11. The Morgan fingerprint density at radius 3 is 2.63 bits per heavy atom. The Kier molecular flexibility index (Phi) is 8.85. The van der Waals surface area contributed by atoms with Crippen LogP contribution in [-0.4, -0.2) is 40.0 Å². The van der Waals surface area contributed by atoms with Gasteiger partial charge in [0, 0.05) is 25.8 Å². The standard InChI is InChI=1S/C15H25NO3/c1-3-4-10-18-11-8-16-9-12-19-15-7-5-6-14(13-15)17-2/h5-7,13,16H,3-4,8-12H2,1-2H3. The van der Waals surface area contributed by atoms with Crippen LogP contribution in [0.25, 0.3) is 0 Å². The largest absolute Gasteiger partial charge is 0.497 e. The zero-order valence-corrected chi connectivity index (χ0v) is 12.0. The molecule has 19 heavy (non-hydrogen) atoms. The van der Waals surface area contributed by atoms with Gasteiger partial charge >= 0.3 is 0 Å². The van der Waals surface area contributed by atoms with E-state index in [1.807, 2.05) is 24.3 Å². The van der Waals surface area contributed by atoms with Crippen LogP contribution in [0.15, 0.2) is 24.3 Å². The molecule has 4 heteroatoms. The van der Waals surface area contributed by atoms with Crippen molar-refractivity contribution in [2.75, 3.05) is 40.0 Å². The van der Waals surface area contributed by atoms with Gasteiger partial charge in [0.25, 0.3) is 0 Å². The molecule has 4 nitrogen and oxygen atoms in total. The number of benzene rings is 1. The lowest BCUT2D eigenvalue weighted by Crippen LogP contribution is -2.25. The summed E-state index contributed by atoms with van der Waals surface area (Å²) in [5, 5.41) is 3.28. The molecule has 1 aromatic carbocycles. The van der Waals surface area contributed by atoms with Crippen LogP contribution in [0.1, 0.15) is 19.8 Å². The minimum Gasteiger partial charge on any atom is -0.497 e. The van der Waals surface area contributed by atoms with Crippen LogP contribution in [-0.2, 0) is 4.74 Å². The second-order valence-electron chi connectivity index (χ2n) is 4.24. The molecule has 0 radical (unpaired) electrons. The maximum atomic E-state index is 5.61. The third-order valence-corrected chi connectivity index (χ3v) is 2.65. The Bertz CT molecular complexity index is 331. The van der Waals surface area contributed by atoms with Gasteiger partial charge in [0.15, 0.2) is 0 Å². The van der Waals surface area contributed by atoms with Crippen molar-refractivity contribution in [3.8, 4) is 11.5 Å². The van der Waals surface area contributed by atoms with Crippen molar-refractivity contribution in [3.05, 3.63) is 24.3 Å². The summed E-state index contributed by atoms with van der Waals surface area (Å²) in [6.45, 7) is 6.11. The number of hydrogen-bond donors (Lipinski definition) is 1. The monoisotopic (exact) mass is 267 g/mol. The molecule has 1 aromatic rings. The molecule has 0 atom stereocenters. The fraction of sp³-hybridized carbons (Fsp3) is 0.600. The molecule has 0 spiro atoms. The van der Waals surface area contributed by atoms with Crippen molar-refractivity contribution in [1.29, 1.82) is 0 Å². The highest BCUT2D eigenvalue weighted by molar-refractivity contribution is 5.32. The van der Waals surface area contributed by atoms with E-state index in [1.54, 1.807) is 7.11 Å². The summed E-state index contributed by atoms with van der Waals surface area (Å²) >= 11 is 0. The first-order valence-corrected chi connectivity index (χ1v) is 6.92. The third kappa shape index (κ3) is 7.70. The highest BCUT2D eigenvalue weighted by atomic mass is 16.5. The van der Waals surface area contributed by atoms with Crippen LogP contribution >= 0.6 is 0 Å². The summed E-state index contributed by atoms with van der Waals surface area (Å²) in [7, 11) is 1.65. The molecule has 0 heterocycles. The highest BCUT2D eigenvalue weighted by Crippen LogP contribution is 2.18. The zero-order chi connectivity index (χ0) is 13.8. The van der Waals surface area contributed by atoms with Crippen molar-refractivity contribution in [2.45, 2.75) is 19.8 Å². The van der Waals surface area contributed by atoms with Gasteiger partial charge < -0.3 is 19.5 Å². The van der Waals surface area contributed by atoms with Crippen LogP contribution in [0.2, 0.25) is 0 Å². The van der Waals surface area contributed by atoms with Crippen molar-refractivity contribution in [1.82, 2.24) is 5.32 Å². The van der Waals surface area contributed by atoms with Crippen molar-refractivity contribution >= 4 is 0 Å². The lowest BCUT2D eigenvalue weighted by Gasteiger charge is -2.09. The SMILES string of the molecule is CCCCOCCNCCOc1cccc(OC)c1. The van der Waals surface area contributed by atoms with Crippen LogP contribution in [0.3, 0.4) is 0 Å². The second-order valence-corrected chi connectivity index (χ2v) is 4.24. The predicted molar refractivity (Wildman–Crippen MR) is 77.1 cm³/mol. The minimum absolute atomic E-state index is 0.641. The van der Waals surface area contributed by atoms with E-state index in [2.05, 4.69) is 12.2 Å². The normalized spacial score (nSPS) is 10.4. The summed E-state index contributed by atoms with van der Waals surface area (Å²) < 4.78 is 16.2. The molecule has 0 aromatic heterocycles. The van der Waals surface area contributed by atoms with Gasteiger partial charge in [-0.25, -0.2) is 0 Å². The molecule has 0 aliphatic heterocycles. The number of hydrogen-bond acceptors (Lipinski definition) is 4. The number of nitrogens with one attached hydrogen (secondary N) is 1. The molecular formula is C15H25NO3. The van der Waals surface area contributed by atoms with Crippen LogP contribution in [0.5, 0.6) is 11.5 Å². The van der Waals surface area contributed by atoms with Crippen LogP contribution in [0, 0.1) is 0 Å². The van der Waals surface area contributed by atoms with E-state index >= 15 is 0 Å². The maximum absolute atomic E-state index is 5.61.